The zero-order valence-corrected chi connectivity index (χ0v) is 5.88. The second-order valence-corrected chi connectivity index (χ2v) is 2.17. The minimum atomic E-state index is -4.94. The van der Waals surface area contributed by atoms with Gasteiger partial charge in [0.15, 0.2) is 6.10 Å². The topological polar surface area (TPSA) is 83.6 Å². The van der Waals surface area contributed by atoms with E-state index in [2.05, 4.69) is 0 Å². The lowest BCUT2D eigenvalue weighted by molar-refractivity contribution is -0.221. The molecule has 7 heteroatoms. The molecule has 0 aromatic rings. The maximum Gasteiger partial charge on any atom is 0.415 e. The van der Waals surface area contributed by atoms with Crippen molar-refractivity contribution in [1.29, 1.82) is 0 Å². The van der Waals surface area contributed by atoms with Gasteiger partial charge in [-0.3, -0.25) is 4.79 Å². The van der Waals surface area contributed by atoms with E-state index in [1.807, 2.05) is 0 Å². The lowest BCUT2D eigenvalue weighted by atomic mass is 10.0. The third-order valence-electron chi connectivity index (χ3n) is 1.29. The number of carboxylic acid groups (broad SMARTS) is 1. The minimum absolute atomic E-state index is 0.754. The quantitative estimate of drug-likeness (QED) is 0.559. The summed E-state index contributed by atoms with van der Waals surface area (Å²) in [6.45, 7) is -0.754. The maximum absolute atomic E-state index is 11.7. The van der Waals surface area contributed by atoms with Gasteiger partial charge in [-0.2, -0.15) is 13.2 Å². The molecule has 0 saturated carbocycles. The summed E-state index contributed by atoms with van der Waals surface area (Å²) < 4.78 is 35.0. The molecule has 0 saturated heterocycles. The lowest BCUT2D eigenvalue weighted by Gasteiger charge is -2.19. The molecule has 0 spiro atoms. The number of hydrogen-bond donors (Lipinski definition) is 3. The van der Waals surface area contributed by atoms with Crippen molar-refractivity contribution in [3.63, 3.8) is 0 Å². The first-order valence-corrected chi connectivity index (χ1v) is 2.98. The van der Waals surface area contributed by atoms with E-state index in [1.165, 1.54) is 0 Å². The highest BCUT2D eigenvalue weighted by Gasteiger charge is 2.45. The number of alkyl halides is 3. The average Bonchev–Trinajstić information content (AvgIpc) is 1.86. The first kappa shape index (κ1) is 11.2. The summed E-state index contributed by atoms with van der Waals surface area (Å²) in [4.78, 5) is 10.1. The van der Waals surface area contributed by atoms with Gasteiger partial charge < -0.3 is 15.9 Å². The van der Waals surface area contributed by atoms with Crippen LogP contribution in [0.5, 0.6) is 0 Å². The van der Waals surface area contributed by atoms with E-state index in [0.29, 0.717) is 0 Å². The normalized spacial score (nSPS) is 17.1. The fourth-order valence-electron chi connectivity index (χ4n) is 0.593. The van der Waals surface area contributed by atoms with Gasteiger partial charge in [0, 0.05) is 6.54 Å². The molecule has 0 aliphatic heterocycles. The van der Waals surface area contributed by atoms with Crippen LogP contribution in [0.3, 0.4) is 0 Å². The Labute approximate surface area is 65.8 Å². The molecule has 0 unspecified atom stereocenters. The fourth-order valence-corrected chi connectivity index (χ4v) is 0.593. The zero-order chi connectivity index (χ0) is 9.94. The highest BCUT2D eigenvalue weighted by Crippen LogP contribution is 2.25. The van der Waals surface area contributed by atoms with Crippen LogP contribution >= 0.6 is 0 Å². The van der Waals surface area contributed by atoms with Crippen LogP contribution in [0.1, 0.15) is 0 Å². The summed E-state index contributed by atoms with van der Waals surface area (Å²) in [5.74, 6) is -3.76. The van der Waals surface area contributed by atoms with Crippen molar-refractivity contribution in [3.8, 4) is 0 Å². The van der Waals surface area contributed by atoms with E-state index < -0.39 is 30.7 Å². The van der Waals surface area contributed by atoms with Gasteiger partial charge >= 0.3 is 12.1 Å². The molecule has 0 bridgehead atoms. The number of carboxylic acids is 1. The Bertz CT molecular complexity index is 170. The highest BCUT2D eigenvalue weighted by atomic mass is 19.4. The number of nitrogens with two attached hydrogens (primary N) is 1. The van der Waals surface area contributed by atoms with E-state index in [4.69, 9.17) is 15.9 Å². The average molecular weight is 187 g/mol. The van der Waals surface area contributed by atoms with Crippen LogP contribution in [-0.2, 0) is 4.79 Å². The van der Waals surface area contributed by atoms with E-state index in [9.17, 15) is 18.0 Å². The molecule has 4 N–H and O–H groups in total. The summed E-state index contributed by atoms with van der Waals surface area (Å²) in [6, 6.07) is 0. The molecule has 12 heavy (non-hydrogen) atoms. The molecule has 0 aliphatic carbocycles. The van der Waals surface area contributed by atoms with Crippen molar-refractivity contribution >= 4 is 5.97 Å². The van der Waals surface area contributed by atoms with Crippen LogP contribution in [0.15, 0.2) is 0 Å². The molecule has 0 fully saturated rings. The van der Waals surface area contributed by atoms with E-state index in [-0.39, 0.29) is 0 Å². The SMILES string of the molecule is NC[C@H](C(=O)O)[C@H](O)C(F)(F)F. The van der Waals surface area contributed by atoms with Crippen molar-refractivity contribution in [2.45, 2.75) is 12.3 Å². The number of hydrogen-bond acceptors (Lipinski definition) is 3. The van der Waals surface area contributed by atoms with Crippen molar-refractivity contribution in [3.05, 3.63) is 0 Å². The number of carbonyl (C=O) groups is 1. The molecular weight excluding hydrogens is 179 g/mol. The van der Waals surface area contributed by atoms with Crippen LogP contribution in [-0.4, -0.2) is 35.0 Å². The van der Waals surface area contributed by atoms with Crippen LogP contribution < -0.4 is 5.73 Å². The number of aliphatic hydroxyl groups is 1. The van der Waals surface area contributed by atoms with Gasteiger partial charge in [-0.15, -0.1) is 0 Å². The molecule has 0 rings (SSSR count). The van der Waals surface area contributed by atoms with Gasteiger partial charge in [-0.05, 0) is 0 Å². The Hall–Kier alpha value is -0.820. The monoisotopic (exact) mass is 187 g/mol. The summed E-state index contributed by atoms with van der Waals surface area (Å²) >= 11 is 0. The van der Waals surface area contributed by atoms with Gasteiger partial charge in [0.2, 0.25) is 0 Å². The molecule has 0 aliphatic rings. The Morgan fingerprint density at radius 2 is 1.92 bits per heavy atom. The summed E-state index contributed by atoms with van der Waals surface area (Å²) in [6.07, 6.45) is -7.84. The number of aliphatic carboxylic acids is 1. The predicted octanol–water partition coefficient (Wildman–Crippen LogP) is -0.431. The van der Waals surface area contributed by atoms with Gasteiger partial charge in [-0.25, -0.2) is 0 Å². The molecule has 0 aromatic heterocycles. The number of aliphatic hydroxyl groups excluding tert-OH is 1. The van der Waals surface area contributed by atoms with Gasteiger partial charge in [0.05, 0.1) is 0 Å². The Morgan fingerprint density at radius 3 is 2.00 bits per heavy atom. The third kappa shape index (κ3) is 2.67. The minimum Gasteiger partial charge on any atom is -0.481 e. The van der Waals surface area contributed by atoms with Crippen LogP contribution in [0.2, 0.25) is 0 Å². The zero-order valence-electron chi connectivity index (χ0n) is 5.88. The van der Waals surface area contributed by atoms with Gasteiger partial charge in [0.25, 0.3) is 0 Å². The largest absolute Gasteiger partial charge is 0.481 e. The van der Waals surface area contributed by atoms with Gasteiger partial charge in [0.1, 0.15) is 5.92 Å². The van der Waals surface area contributed by atoms with E-state index >= 15 is 0 Å². The fraction of sp³-hybridized carbons (Fsp3) is 0.800. The van der Waals surface area contributed by atoms with Crippen LogP contribution in [0.4, 0.5) is 13.2 Å². The van der Waals surface area contributed by atoms with Crippen molar-refractivity contribution in [1.82, 2.24) is 0 Å². The molecule has 0 heterocycles. The summed E-state index contributed by atoms with van der Waals surface area (Å²) in [7, 11) is 0. The van der Waals surface area contributed by atoms with E-state index in [1.54, 1.807) is 0 Å². The molecule has 2 atom stereocenters. The second-order valence-electron chi connectivity index (χ2n) is 2.17. The number of rotatable bonds is 3. The molecule has 0 aromatic carbocycles. The Morgan fingerprint density at radius 1 is 1.50 bits per heavy atom. The number of halogens is 3. The first-order chi connectivity index (χ1) is 5.30. The van der Waals surface area contributed by atoms with Crippen LogP contribution in [0, 0.1) is 5.92 Å². The van der Waals surface area contributed by atoms with Crippen molar-refractivity contribution in [2.24, 2.45) is 11.7 Å². The second kappa shape index (κ2) is 3.72. The highest BCUT2D eigenvalue weighted by molar-refractivity contribution is 5.71. The summed E-state index contributed by atoms with van der Waals surface area (Å²) in [5.41, 5.74) is 4.73. The molecule has 0 radical (unpaired) electrons. The maximum atomic E-state index is 11.7. The smallest absolute Gasteiger partial charge is 0.415 e. The third-order valence-corrected chi connectivity index (χ3v) is 1.29. The van der Waals surface area contributed by atoms with E-state index in [0.717, 1.165) is 0 Å². The van der Waals surface area contributed by atoms with Crippen molar-refractivity contribution in [2.75, 3.05) is 6.54 Å². The lowest BCUT2D eigenvalue weighted by Crippen LogP contribution is -2.43. The molecule has 0 amide bonds. The molecular formula is C5H8F3NO3. The van der Waals surface area contributed by atoms with Crippen LogP contribution in [0.25, 0.3) is 0 Å². The predicted molar refractivity (Wildman–Crippen MR) is 32.2 cm³/mol. The first-order valence-electron chi connectivity index (χ1n) is 2.98. The standard InChI is InChI=1S/C5H8F3NO3/c6-5(7,8)3(10)2(1-9)4(11)12/h2-3,10H,1,9H2,(H,11,12)/t2-,3-/m0/s1. The molecule has 72 valence electrons. The van der Waals surface area contributed by atoms with Crippen molar-refractivity contribution < 1.29 is 28.2 Å². The summed E-state index contributed by atoms with van der Waals surface area (Å²) in [5, 5.41) is 16.6. The molecule has 4 nitrogen and oxygen atoms in total. The van der Waals surface area contributed by atoms with Gasteiger partial charge in [-0.1, -0.05) is 0 Å². The Kier molecular flexibility index (Phi) is 3.47. The Balaban J connectivity index is 4.42.